The Morgan fingerprint density at radius 3 is 2.42 bits per heavy atom. The smallest absolute Gasteiger partial charge is 0.253 e. The molecule has 0 aliphatic rings. The average Bonchev–Trinajstić information content (AvgIpc) is 2.72. The Hall–Kier alpha value is -0.550. The fraction of sp³-hybridized carbons (Fsp3) is 0.154. The van der Waals surface area contributed by atoms with E-state index in [1.165, 1.54) is 0 Å². The van der Waals surface area contributed by atoms with Gasteiger partial charge >= 0.3 is 0 Å². The zero-order valence-electron chi connectivity index (χ0n) is 9.99. The number of carbonyl (C=O) groups excluding carboxylic acids is 1. The van der Waals surface area contributed by atoms with Crippen LogP contribution in [0.5, 0.6) is 0 Å². The molecule has 2 nitrogen and oxygen atoms in total. The summed E-state index contributed by atoms with van der Waals surface area (Å²) < 4.78 is 1.05. The number of hydrogen-bond donors (Lipinski definition) is 0. The van der Waals surface area contributed by atoms with Gasteiger partial charge in [-0.05, 0) is 51.1 Å². The Bertz CT molecular complexity index is 594. The van der Waals surface area contributed by atoms with Crippen LogP contribution in [0.15, 0.2) is 33.4 Å². The Morgan fingerprint density at radius 1 is 1.26 bits per heavy atom. The van der Waals surface area contributed by atoms with Gasteiger partial charge in [-0.2, -0.15) is 0 Å². The molecule has 0 bridgehead atoms. The third kappa shape index (κ3) is 3.96. The van der Waals surface area contributed by atoms with Crippen LogP contribution in [0.1, 0.15) is 15.9 Å². The summed E-state index contributed by atoms with van der Waals surface area (Å²) in [6.45, 7) is 0.547. The van der Waals surface area contributed by atoms with E-state index in [0.717, 1.165) is 9.35 Å². The van der Waals surface area contributed by atoms with Crippen molar-refractivity contribution in [1.82, 2.24) is 4.90 Å². The molecule has 19 heavy (non-hydrogen) atoms. The lowest BCUT2D eigenvalue weighted by atomic mass is 10.2. The predicted molar refractivity (Wildman–Crippen MR) is 84.3 cm³/mol. The van der Waals surface area contributed by atoms with Crippen LogP contribution in [0.2, 0.25) is 10.0 Å². The summed E-state index contributed by atoms with van der Waals surface area (Å²) in [7, 11) is 1.75. The first kappa shape index (κ1) is 14.9. The van der Waals surface area contributed by atoms with Crippen molar-refractivity contribution in [1.29, 1.82) is 0 Å². The Morgan fingerprint density at radius 2 is 1.89 bits per heavy atom. The van der Waals surface area contributed by atoms with E-state index in [9.17, 15) is 4.79 Å². The second-order valence-corrected chi connectivity index (χ2v) is 7.24. The van der Waals surface area contributed by atoms with Gasteiger partial charge < -0.3 is 4.90 Å². The minimum Gasteiger partial charge on any atom is -0.337 e. The van der Waals surface area contributed by atoms with E-state index < -0.39 is 0 Å². The number of benzene rings is 1. The monoisotopic (exact) mass is 377 g/mol. The van der Waals surface area contributed by atoms with E-state index in [2.05, 4.69) is 15.9 Å². The van der Waals surface area contributed by atoms with Crippen molar-refractivity contribution in [2.75, 3.05) is 7.05 Å². The molecule has 0 aliphatic heterocycles. The Kier molecular flexibility index (Phi) is 4.90. The third-order valence-electron chi connectivity index (χ3n) is 2.50. The van der Waals surface area contributed by atoms with E-state index in [4.69, 9.17) is 23.2 Å². The molecule has 2 rings (SSSR count). The van der Waals surface area contributed by atoms with Crippen LogP contribution in [-0.2, 0) is 6.54 Å². The molecule has 0 radical (unpaired) electrons. The maximum Gasteiger partial charge on any atom is 0.253 e. The number of thiophene rings is 1. The lowest BCUT2D eigenvalue weighted by Gasteiger charge is -2.16. The van der Waals surface area contributed by atoms with E-state index in [1.54, 1.807) is 41.5 Å². The highest BCUT2D eigenvalue weighted by atomic mass is 79.9. The summed E-state index contributed by atoms with van der Waals surface area (Å²) in [5.41, 5.74) is 1.58. The fourth-order valence-corrected chi connectivity index (χ4v) is 3.40. The topological polar surface area (TPSA) is 20.3 Å². The molecule has 0 N–H and O–H groups in total. The molecule has 1 heterocycles. The van der Waals surface area contributed by atoms with Crippen molar-refractivity contribution in [3.05, 3.63) is 54.6 Å². The molecule has 1 amide bonds. The largest absolute Gasteiger partial charge is 0.337 e. The molecular formula is C13H10BrCl2NOS. The zero-order valence-corrected chi connectivity index (χ0v) is 13.9. The Balaban J connectivity index is 2.14. The minimum atomic E-state index is -0.105. The summed E-state index contributed by atoms with van der Waals surface area (Å²) in [4.78, 5) is 13.9. The summed E-state index contributed by atoms with van der Waals surface area (Å²) >= 11 is 16.8. The number of halogens is 3. The molecule has 0 aliphatic carbocycles. The predicted octanol–water partition coefficient (Wildman–Crippen LogP) is 5.09. The highest BCUT2D eigenvalue weighted by molar-refractivity contribution is 9.11. The summed E-state index contributed by atoms with van der Waals surface area (Å²) in [5, 5.41) is 2.93. The van der Waals surface area contributed by atoms with Gasteiger partial charge in [-0.3, -0.25) is 4.79 Å². The molecule has 0 fully saturated rings. The highest BCUT2D eigenvalue weighted by Crippen LogP contribution is 2.23. The van der Waals surface area contributed by atoms with Crippen molar-refractivity contribution in [2.24, 2.45) is 0 Å². The number of rotatable bonds is 3. The molecule has 0 saturated carbocycles. The van der Waals surface area contributed by atoms with Crippen molar-refractivity contribution in [3.63, 3.8) is 0 Å². The van der Waals surface area contributed by atoms with Gasteiger partial charge in [0.05, 0.1) is 3.79 Å². The first-order valence-corrected chi connectivity index (χ1v) is 7.83. The van der Waals surface area contributed by atoms with Crippen LogP contribution < -0.4 is 0 Å². The molecule has 2 aromatic rings. The first-order chi connectivity index (χ1) is 8.95. The van der Waals surface area contributed by atoms with Crippen LogP contribution in [0.3, 0.4) is 0 Å². The normalized spacial score (nSPS) is 10.5. The fourth-order valence-electron chi connectivity index (χ4n) is 1.67. The van der Waals surface area contributed by atoms with Crippen LogP contribution in [0.4, 0.5) is 0 Å². The maximum atomic E-state index is 12.3. The molecule has 0 unspecified atom stereocenters. The minimum absolute atomic E-state index is 0.105. The second-order valence-electron chi connectivity index (χ2n) is 4.08. The van der Waals surface area contributed by atoms with Crippen LogP contribution in [-0.4, -0.2) is 17.9 Å². The van der Waals surface area contributed by atoms with Gasteiger partial charge in [-0.25, -0.2) is 0 Å². The van der Waals surface area contributed by atoms with Gasteiger partial charge in [0.15, 0.2) is 0 Å². The van der Waals surface area contributed by atoms with Crippen molar-refractivity contribution in [3.8, 4) is 0 Å². The van der Waals surface area contributed by atoms with Gasteiger partial charge in [-0.1, -0.05) is 23.2 Å². The standard InChI is InChI=1S/C13H10BrCl2NOS/c1-17(6-8-2-12(14)19-7-8)13(18)9-3-10(15)5-11(16)4-9/h2-5,7H,6H2,1H3. The lowest BCUT2D eigenvalue weighted by molar-refractivity contribution is 0.0785. The molecule has 100 valence electrons. The first-order valence-electron chi connectivity index (χ1n) is 5.40. The molecule has 1 aromatic carbocycles. The van der Waals surface area contributed by atoms with Crippen LogP contribution in [0.25, 0.3) is 0 Å². The molecule has 1 aromatic heterocycles. The maximum absolute atomic E-state index is 12.3. The van der Waals surface area contributed by atoms with Gasteiger partial charge in [0.25, 0.3) is 5.91 Å². The molecule has 0 atom stereocenters. The Labute approximate surface area is 134 Å². The van der Waals surface area contributed by atoms with Gasteiger partial charge in [0.2, 0.25) is 0 Å². The number of carbonyl (C=O) groups is 1. The van der Waals surface area contributed by atoms with E-state index >= 15 is 0 Å². The van der Waals surface area contributed by atoms with E-state index in [1.807, 2.05) is 11.4 Å². The molecule has 0 saturated heterocycles. The van der Waals surface area contributed by atoms with Gasteiger partial charge in [0, 0.05) is 29.2 Å². The van der Waals surface area contributed by atoms with Crippen LogP contribution >= 0.6 is 50.5 Å². The van der Waals surface area contributed by atoms with E-state index in [0.29, 0.717) is 22.2 Å². The highest BCUT2D eigenvalue weighted by Gasteiger charge is 2.14. The van der Waals surface area contributed by atoms with E-state index in [-0.39, 0.29) is 5.91 Å². The summed E-state index contributed by atoms with van der Waals surface area (Å²) in [6, 6.07) is 6.85. The number of hydrogen-bond acceptors (Lipinski definition) is 2. The van der Waals surface area contributed by atoms with Crippen molar-refractivity contribution >= 4 is 56.4 Å². The molecular weight excluding hydrogens is 369 g/mol. The summed E-state index contributed by atoms with van der Waals surface area (Å²) in [6.07, 6.45) is 0. The second kappa shape index (κ2) is 6.27. The molecule has 6 heteroatoms. The number of amides is 1. The number of nitrogens with zero attached hydrogens (tertiary/aromatic N) is 1. The average molecular weight is 379 g/mol. The quantitative estimate of drug-likeness (QED) is 0.728. The van der Waals surface area contributed by atoms with Gasteiger partial charge in [-0.15, -0.1) is 11.3 Å². The lowest BCUT2D eigenvalue weighted by Crippen LogP contribution is -2.25. The van der Waals surface area contributed by atoms with Crippen LogP contribution in [0, 0.1) is 0 Å². The molecule has 0 spiro atoms. The third-order valence-corrected chi connectivity index (χ3v) is 4.49. The van der Waals surface area contributed by atoms with Crippen molar-refractivity contribution < 1.29 is 4.79 Å². The SMILES string of the molecule is CN(Cc1csc(Br)c1)C(=O)c1cc(Cl)cc(Cl)c1. The van der Waals surface area contributed by atoms with Crippen molar-refractivity contribution in [2.45, 2.75) is 6.54 Å². The summed E-state index contributed by atoms with van der Waals surface area (Å²) in [5.74, 6) is -0.105. The zero-order chi connectivity index (χ0) is 14.0. The van der Waals surface area contributed by atoms with Gasteiger partial charge in [0.1, 0.15) is 0 Å².